The van der Waals surface area contributed by atoms with Crippen molar-refractivity contribution in [2.75, 3.05) is 7.05 Å². The van der Waals surface area contributed by atoms with Gasteiger partial charge in [0.2, 0.25) is 0 Å². The number of hydrogen-bond acceptors (Lipinski definition) is 1. The lowest BCUT2D eigenvalue weighted by Gasteiger charge is -2.36. The zero-order chi connectivity index (χ0) is 12.5. The fourth-order valence-electron chi connectivity index (χ4n) is 2.90. The number of nitrogens with one attached hydrogen (secondary N) is 1. The Morgan fingerprint density at radius 1 is 1.11 bits per heavy atom. The summed E-state index contributed by atoms with van der Waals surface area (Å²) in [4.78, 5) is 0. The second-order valence-corrected chi connectivity index (χ2v) is 4.80. The standard InChI is InChI=1S/C16H16FN/c1-18-16(13-8-4-5-9-15(13)17)14-10-11-6-2-3-7-12(11)14/h2-9,14,16,18H,10H2,1H3. The quantitative estimate of drug-likeness (QED) is 0.868. The number of likely N-dealkylation sites (N-methyl/N-ethyl adjacent to an activating group) is 1. The second kappa shape index (κ2) is 4.54. The van der Waals surface area contributed by atoms with Crippen molar-refractivity contribution in [3.63, 3.8) is 0 Å². The minimum atomic E-state index is -0.124. The molecular formula is C16H16FN. The molecule has 0 saturated carbocycles. The van der Waals surface area contributed by atoms with Crippen LogP contribution in [0.4, 0.5) is 4.39 Å². The first kappa shape index (κ1) is 11.4. The van der Waals surface area contributed by atoms with Gasteiger partial charge in [-0.3, -0.25) is 0 Å². The lowest BCUT2D eigenvalue weighted by Crippen LogP contribution is -2.31. The summed E-state index contributed by atoms with van der Waals surface area (Å²) in [6.45, 7) is 0. The SMILES string of the molecule is CNC(c1ccccc1F)C1Cc2ccccc21. The van der Waals surface area contributed by atoms with Crippen LogP contribution < -0.4 is 5.32 Å². The monoisotopic (exact) mass is 241 g/mol. The van der Waals surface area contributed by atoms with E-state index in [9.17, 15) is 4.39 Å². The number of halogens is 1. The van der Waals surface area contributed by atoms with Gasteiger partial charge in [-0.25, -0.2) is 4.39 Å². The highest BCUT2D eigenvalue weighted by molar-refractivity contribution is 5.43. The molecule has 0 aromatic heterocycles. The Balaban J connectivity index is 1.95. The van der Waals surface area contributed by atoms with Gasteiger partial charge in [0.05, 0.1) is 0 Å². The van der Waals surface area contributed by atoms with Crippen LogP contribution in [0, 0.1) is 5.82 Å². The highest BCUT2D eigenvalue weighted by Crippen LogP contribution is 2.43. The Morgan fingerprint density at radius 3 is 2.56 bits per heavy atom. The van der Waals surface area contributed by atoms with Gasteiger partial charge in [-0.1, -0.05) is 42.5 Å². The topological polar surface area (TPSA) is 12.0 Å². The van der Waals surface area contributed by atoms with Crippen LogP contribution in [-0.2, 0) is 6.42 Å². The molecule has 2 unspecified atom stereocenters. The van der Waals surface area contributed by atoms with E-state index >= 15 is 0 Å². The first-order chi connectivity index (χ1) is 8.81. The Kier molecular flexibility index (Phi) is 2.88. The zero-order valence-electron chi connectivity index (χ0n) is 10.4. The maximum Gasteiger partial charge on any atom is 0.128 e. The molecule has 1 N–H and O–H groups in total. The van der Waals surface area contributed by atoms with Gasteiger partial charge in [-0.15, -0.1) is 0 Å². The molecule has 0 heterocycles. The van der Waals surface area contributed by atoms with Crippen LogP contribution in [0.5, 0.6) is 0 Å². The van der Waals surface area contributed by atoms with Crippen molar-refractivity contribution in [2.24, 2.45) is 0 Å². The molecule has 0 saturated heterocycles. The Bertz CT molecular complexity index is 565. The van der Waals surface area contributed by atoms with Crippen LogP contribution in [0.3, 0.4) is 0 Å². The molecule has 1 aliphatic rings. The third kappa shape index (κ3) is 1.73. The van der Waals surface area contributed by atoms with Crippen molar-refractivity contribution in [3.8, 4) is 0 Å². The number of benzene rings is 2. The van der Waals surface area contributed by atoms with E-state index in [1.807, 2.05) is 19.2 Å². The van der Waals surface area contributed by atoms with Crippen LogP contribution in [0.2, 0.25) is 0 Å². The van der Waals surface area contributed by atoms with E-state index in [-0.39, 0.29) is 11.9 Å². The summed E-state index contributed by atoms with van der Waals surface area (Å²) in [5, 5.41) is 3.26. The zero-order valence-corrected chi connectivity index (χ0v) is 10.4. The van der Waals surface area contributed by atoms with Gasteiger partial charge >= 0.3 is 0 Å². The Labute approximate surface area is 107 Å². The maximum absolute atomic E-state index is 13.9. The van der Waals surface area contributed by atoms with E-state index in [1.54, 1.807) is 6.07 Å². The van der Waals surface area contributed by atoms with Crippen molar-refractivity contribution < 1.29 is 4.39 Å². The summed E-state index contributed by atoms with van der Waals surface area (Å²) in [5.41, 5.74) is 3.50. The first-order valence-electron chi connectivity index (χ1n) is 6.30. The van der Waals surface area contributed by atoms with Gasteiger partial charge < -0.3 is 5.32 Å². The predicted octanol–water partition coefficient (Wildman–Crippen LogP) is 3.43. The predicted molar refractivity (Wildman–Crippen MR) is 71.1 cm³/mol. The van der Waals surface area contributed by atoms with Gasteiger partial charge in [-0.05, 0) is 30.7 Å². The number of rotatable bonds is 3. The lowest BCUT2D eigenvalue weighted by molar-refractivity contribution is 0.422. The molecule has 2 heteroatoms. The van der Waals surface area contributed by atoms with Gasteiger partial charge in [-0.2, -0.15) is 0 Å². The van der Waals surface area contributed by atoms with Crippen molar-refractivity contribution in [1.29, 1.82) is 0 Å². The fraction of sp³-hybridized carbons (Fsp3) is 0.250. The highest BCUT2D eigenvalue weighted by atomic mass is 19.1. The van der Waals surface area contributed by atoms with Crippen molar-refractivity contribution in [2.45, 2.75) is 18.4 Å². The average Bonchev–Trinajstić information content (AvgIpc) is 2.37. The summed E-state index contributed by atoms with van der Waals surface area (Å²) in [5.74, 6) is 0.254. The molecule has 3 rings (SSSR count). The van der Waals surface area contributed by atoms with Gasteiger partial charge in [0, 0.05) is 17.5 Å². The van der Waals surface area contributed by atoms with E-state index < -0.39 is 0 Å². The van der Waals surface area contributed by atoms with Crippen molar-refractivity contribution in [3.05, 3.63) is 71.0 Å². The smallest absolute Gasteiger partial charge is 0.128 e. The molecule has 0 amide bonds. The summed E-state index contributed by atoms with van der Waals surface area (Å²) < 4.78 is 13.9. The van der Waals surface area contributed by atoms with E-state index in [4.69, 9.17) is 0 Å². The molecule has 2 aromatic rings. The fourth-order valence-corrected chi connectivity index (χ4v) is 2.90. The molecule has 18 heavy (non-hydrogen) atoms. The van der Waals surface area contributed by atoms with E-state index in [0.29, 0.717) is 5.92 Å². The summed E-state index contributed by atoms with van der Waals surface area (Å²) in [6.07, 6.45) is 1.02. The van der Waals surface area contributed by atoms with Gasteiger partial charge in [0.15, 0.2) is 0 Å². The summed E-state index contributed by atoms with van der Waals surface area (Å²) >= 11 is 0. The molecule has 0 fully saturated rings. The molecule has 0 spiro atoms. The second-order valence-electron chi connectivity index (χ2n) is 4.80. The Morgan fingerprint density at radius 2 is 1.83 bits per heavy atom. The minimum absolute atomic E-state index is 0.0566. The normalized spacial score (nSPS) is 18.9. The summed E-state index contributed by atoms with van der Waals surface area (Å²) in [6, 6.07) is 15.5. The number of fused-ring (bicyclic) bond motifs is 1. The highest BCUT2D eigenvalue weighted by Gasteiger charge is 2.33. The molecule has 1 aliphatic carbocycles. The minimum Gasteiger partial charge on any atom is -0.312 e. The van der Waals surface area contributed by atoms with Crippen LogP contribution >= 0.6 is 0 Å². The molecule has 2 atom stereocenters. The lowest BCUT2D eigenvalue weighted by atomic mass is 9.71. The van der Waals surface area contributed by atoms with Crippen LogP contribution in [0.25, 0.3) is 0 Å². The first-order valence-corrected chi connectivity index (χ1v) is 6.30. The molecule has 0 radical (unpaired) electrons. The van der Waals surface area contributed by atoms with Crippen LogP contribution in [0.15, 0.2) is 48.5 Å². The molecule has 92 valence electrons. The number of hydrogen-bond donors (Lipinski definition) is 1. The van der Waals surface area contributed by atoms with E-state index in [2.05, 4.69) is 29.6 Å². The third-order valence-corrected chi connectivity index (χ3v) is 3.85. The largest absolute Gasteiger partial charge is 0.312 e. The molecule has 0 aliphatic heterocycles. The summed E-state index contributed by atoms with van der Waals surface area (Å²) in [7, 11) is 1.90. The third-order valence-electron chi connectivity index (χ3n) is 3.85. The maximum atomic E-state index is 13.9. The van der Waals surface area contributed by atoms with Gasteiger partial charge in [0.1, 0.15) is 5.82 Å². The van der Waals surface area contributed by atoms with Crippen molar-refractivity contribution >= 4 is 0 Å². The Hall–Kier alpha value is -1.67. The van der Waals surface area contributed by atoms with Crippen LogP contribution in [0.1, 0.15) is 28.7 Å². The molecule has 2 aromatic carbocycles. The van der Waals surface area contributed by atoms with Gasteiger partial charge in [0.25, 0.3) is 0 Å². The molecule has 0 bridgehead atoms. The molecular weight excluding hydrogens is 225 g/mol. The van der Waals surface area contributed by atoms with Crippen LogP contribution in [-0.4, -0.2) is 7.05 Å². The van der Waals surface area contributed by atoms with E-state index in [0.717, 1.165) is 12.0 Å². The molecule has 1 nitrogen and oxygen atoms in total. The average molecular weight is 241 g/mol. The van der Waals surface area contributed by atoms with E-state index in [1.165, 1.54) is 17.2 Å². The van der Waals surface area contributed by atoms with Crippen molar-refractivity contribution in [1.82, 2.24) is 5.32 Å².